The van der Waals surface area contributed by atoms with Crippen LogP contribution in [0.4, 0.5) is 23.7 Å². The molecule has 1 aliphatic rings. The van der Waals surface area contributed by atoms with Crippen molar-refractivity contribution in [2.75, 3.05) is 5.32 Å². The Morgan fingerprint density at radius 1 is 1.23 bits per heavy atom. The number of anilines is 1. The molecule has 1 unspecified atom stereocenters. The van der Waals surface area contributed by atoms with Gasteiger partial charge in [0, 0.05) is 22.0 Å². The average molecular weight is 440 g/mol. The number of halogens is 3. The van der Waals surface area contributed by atoms with E-state index in [1.165, 1.54) is 23.5 Å². The molecule has 2 aromatic rings. The van der Waals surface area contributed by atoms with Crippen molar-refractivity contribution >= 4 is 29.0 Å². The number of nitrogens with one attached hydrogen (secondary N) is 1. The summed E-state index contributed by atoms with van der Waals surface area (Å²) in [4.78, 5) is 27.7. The smallest absolute Gasteiger partial charge is 0.416 e. The van der Waals surface area contributed by atoms with Gasteiger partial charge in [0.05, 0.1) is 17.7 Å². The van der Waals surface area contributed by atoms with E-state index in [9.17, 15) is 22.8 Å². The molecule has 0 aliphatic carbocycles. The molecule has 5 nitrogen and oxygen atoms in total. The zero-order valence-corrected chi connectivity index (χ0v) is 17.9. The standard InChI is InChI=1S/C21H23F3N2O3S/c1-12-8-15-16(11-30-17(15)10-26(12)19(28)29-20(2,3)4)18(27)25-14-7-5-6-13(9-14)21(22,23)24/h5-7,9,11-12H,8,10H2,1-4H3,(H,25,27). The monoisotopic (exact) mass is 440 g/mol. The van der Waals surface area contributed by atoms with Gasteiger partial charge in [-0.3, -0.25) is 4.79 Å². The summed E-state index contributed by atoms with van der Waals surface area (Å²) in [5.41, 5.74) is -0.120. The van der Waals surface area contributed by atoms with Gasteiger partial charge in [-0.15, -0.1) is 11.3 Å². The molecular formula is C21H23F3N2O3S. The fourth-order valence-electron chi connectivity index (χ4n) is 3.22. The van der Waals surface area contributed by atoms with Crippen LogP contribution >= 0.6 is 11.3 Å². The molecule has 2 heterocycles. The number of rotatable bonds is 2. The highest BCUT2D eigenvalue weighted by atomic mass is 32.1. The number of amides is 2. The van der Waals surface area contributed by atoms with Crippen LogP contribution in [0, 0.1) is 0 Å². The predicted molar refractivity (Wildman–Crippen MR) is 109 cm³/mol. The molecule has 0 bridgehead atoms. The molecule has 9 heteroatoms. The number of carbonyl (C=O) groups is 2. The zero-order chi connectivity index (χ0) is 22.3. The lowest BCUT2D eigenvalue weighted by Gasteiger charge is -2.35. The van der Waals surface area contributed by atoms with Crippen molar-refractivity contribution in [1.29, 1.82) is 0 Å². The maximum absolute atomic E-state index is 12.9. The van der Waals surface area contributed by atoms with E-state index >= 15 is 0 Å². The number of thiophene rings is 1. The van der Waals surface area contributed by atoms with Crippen LogP contribution in [0.25, 0.3) is 0 Å². The Labute approximate surface area is 176 Å². The molecule has 0 fully saturated rings. The molecular weight excluding hydrogens is 417 g/mol. The molecule has 1 atom stereocenters. The van der Waals surface area contributed by atoms with Crippen molar-refractivity contribution in [3.63, 3.8) is 0 Å². The van der Waals surface area contributed by atoms with Gasteiger partial charge in [0.1, 0.15) is 5.60 Å². The number of carbonyl (C=O) groups excluding carboxylic acids is 2. The maximum atomic E-state index is 12.9. The third-order valence-corrected chi connectivity index (χ3v) is 5.66. The number of alkyl halides is 3. The number of nitrogens with zero attached hydrogens (tertiary/aromatic N) is 1. The van der Waals surface area contributed by atoms with Crippen molar-refractivity contribution < 1.29 is 27.5 Å². The summed E-state index contributed by atoms with van der Waals surface area (Å²) in [7, 11) is 0. The molecule has 1 aliphatic heterocycles. The van der Waals surface area contributed by atoms with E-state index in [0.717, 1.165) is 22.6 Å². The van der Waals surface area contributed by atoms with Gasteiger partial charge in [0.2, 0.25) is 0 Å². The highest BCUT2D eigenvalue weighted by molar-refractivity contribution is 7.10. The van der Waals surface area contributed by atoms with Gasteiger partial charge >= 0.3 is 12.3 Å². The highest BCUT2D eigenvalue weighted by Gasteiger charge is 2.34. The van der Waals surface area contributed by atoms with E-state index in [2.05, 4.69) is 5.32 Å². The first-order valence-corrected chi connectivity index (χ1v) is 10.3. The predicted octanol–water partition coefficient (Wildman–Crippen LogP) is 5.70. The minimum Gasteiger partial charge on any atom is -0.444 e. The lowest BCUT2D eigenvalue weighted by molar-refractivity contribution is -0.137. The normalized spacial score (nSPS) is 16.8. The van der Waals surface area contributed by atoms with Crippen LogP contribution in [0.5, 0.6) is 0 Å². The third kappa shape index (κ3) is 4.95. The SMILES string of the molecule is CC1Cc2c(C(=O)Nc3cccc(C(F)(F)F)c3)csc2CN1C(=O)OC(C)(C)C. The van der Waals surface area contributed by atoms with E-state index in [4.69, 9.17) is 4.74 Å². The van der Waals surface area contributed by atoms with Crippen molar-refractivity contribution in [3.05, 3.63) is 51.2 Å². The van der Waals surface area contributed by atoms with Crippen LogP contribution in [-0.4, -0.2) is 28.5 Å². The number of hydrogen-bond acceptors (Lipinski definition) is 4. The van der Waals surface area contributed by atoms with E-state index < -0.39 is 29.3 Å². The van der Waals surface area contributed by atoms with Crippen molar-refractivity contribution in [2.45, 2.75) is 58.5 Å². The summed E-state index contributed by atoms with van der Waals surface area (Å²) in [6.45, 7) is 7.59. The van der Waals surface area contributed by atoms with Gasteiger partial charge in [0.25, 0.3) is 5.91 Å². The number of benzene rings is 1. The first-order chi connectivity index (χ1) is 13.8. The summed E-state index contributed by atoms with van der Waals surface area (Å²) < 4.78 is 44.1. The molecule has 162 valence electrons. The molecule has 1 aromatic heterocycles. The molecule has 1 aromatic carbocycles. The van der Waals surface area contributed by atoms with E-state index in [0.29, 0.717) is 18.5 Å². The van der Waals surface area contributed by atoms with Gasteiger partial charge in [0.15, 0.2) is 0 Å². The first kappa shape index (κ1) is 22.1. The number of hydrogen-bond donors (Lipinski definition) is 1. The van der Waals surface area contributed by atoms with Crippen LogP contribution < -0.4 is 5.32 Å². The maximum Gasteiger partial charge on any atom is 0.416 e. The second-order valence-electron chi connectivity index (χ2n) is 8.25. The second-order valence-corrected chi connectivity index (χ2v) is 9.21. The minimum absolute atomic E-state index is 0.0778. The largest absolute Gasteiger partial charge is 0.444 e. The summed E-state index contributed by atoms with van der Waals surface area (Å²) in [5, 5.41) is 4.23. The van der Waals surface area contributed by atoms with Crippen LogP contribution in [0.15, 0.2) is 29.6 Å². The number of ether oxygens (including phenoxy) is 1. The first-order valence-electron chi connectivity index (χ1n) is 9.42. The van der Waals surface area contributed by atoms with Gasteiger partial charge < -0.3 is 15.0 Å². The quantitative estimate of drug-likeness (QED) is 0.652. The highest BCUT2D eigenvalue weighted by Crippen LogP contribution is 2.34. The molecule has 3 rings (SSSR count). The molecule has 0 spiro atoms. The molecule has 0 saturated heterocycles. The average Bonchev–Trinajstić information content (AvgIpc) is 3.01. The van der Waals surface area contributed by atoms with Gasteiger partial charge in [-0.1, -0.05) is 6.07 Å². The summed E-state index contributed by atoms with van der Waals surface area (Å²) in [6.07, 6.45) is -4.43. The Kier molecular flexibility index (Phi) is 5.86. The minimum atomic E-state index is -4.48. The lowest BCUT2D eigenvalue weighted by Crippen LogP contribution is -2.45. The van der Waals surface area contributed by atoms with Crippen LogP contribution in [0.2, 0.25) is 0 Å². The molecule has 30 heavy (non-hydrogen) atoms. The van der Waals surface area contributed by atoms with Crippen molar-refractivity contribution in [2.24, 2.45) is 0 Å². The van der Waals surface area contributed by atoms with Gasteiger partial charge in [-0.05, 0) is 57.9 Å². The van der Waals surface area contributed by atoms with Crippen LogP contribution in [0.3, 0.4) is 0 Å². The van der Waals surface area contributed by atoms with Crippen LogP contribution in [0.1, 0.15) is 54.1 Å². The van der Waals surface area contributed by atoms with E-state index in [1.54, 1.807) is 31.1 Å². The fourth-order valence-corrected chi connectivity index (χ4v) is 4.28. The van der Waals surface area contributed by atoms with E-state index in [-0.39, 0.29) is 11.7 Å². The third-order valence-electron chi connectivity index (χ3n) is 4.65. The number of fused-ring (bicyclic) bond motifs is 1. The Morgan fingerprint density at radius 2 is 1.93 bits per heavy atom. The topological polar surface area (TPSA) is 58.6 Å². The Morgan fingerprint density at radius 3 is 2.57 bits per heavy atom. The Hall–Kier alpha value is -2.55. The van der Waals surface area contributed by atoms with Crippen LogP contribution in [-0.2, 0) is 23.9 Å². The van der Waals surface area contributed by atoms with Gasteiger partial charge in [-0.25, -0.2) is 4.79 Å². The van der Waals surface area contributed by atoms with E-state index in [1.807, 2.05) is 6.92 Å². The van der Waals surface area contributed by atoms with Crippen molar-refractivity contribution in [3.8, 4) is 0 Å². The Balaban J connectivity index is 1.77. The molecule has 1 N–H and O–H groups in total. The fraction of sp³-hybridized carbons (Fsp3) is 0.429. The zero-order valence-electron chi connectivity index (χ0n) is 17.1. The molecule has 2 amide bonds. The van der Waals surface area contributed by atoms with Gasteiger partial charge in [-0.2, -0.15) is 13.2 Å². The summed E-state index contributed by atoms with van der Waals surface area (Å²) in [6, 6.07) is 4.35. The lowest BCUT2D eigenvalue weighted by atomic mass is 9.97. The molecule has 0 saturated carbocycles. The molecule has 0 radical (unpaired) electrons. The Bertz CT molecular complexity index is 963. The van der Waals surface area contributed by atoms with Crippen molar-refractivity contribution in [1.82, 2.24) is 4.90 Å². The summed E-state index contributed by atoms with van der Waals surface area (Å²) in [5.74, 6) is -0.468. The summed E-state index contributed by atoms with van der Waals surface area (Å²) >= 11 is 1.35. The second kappa shape index (κ2) is 7.94.